The van der Waals surface area contributed by atoms with E-state index in [-0.39, 0.29) is 5.91 Å². The van der Waals surface area contributed by atoms with Crippen molar-refractivity contribution in [2.45, 2.75) is 0 Å². The second-order valence-corrected chi connectivity index (χ2v) is 6.05. The molecular formula is C16H13N3O2S2. The summed E-state index contributed by atoms with van der Waals surface area (Å²) in [7, 11) is 1.62. The molecule has 1 amide bonds. The van der Waals surface area contributed by atoms with Crippen molar-refractivity contribution in [1.29, 1.82) is 0 Å². The fraction of sp³-hybridized carbons (Fsp3) is 0.0625. The van der Waals surface area contributed by atoms with Gasteiger partial charge in [0.25, 0.3) is 0 Å². The number of anilines is 1. The quantitative estimate of drug-likeness (QED) is 0.713. The predicted molar refractivity (Wildman–Crippen MR) is 93.9 cm³/mol. The molecule has 7 heteroatoms. The van der Waals surface area contributed by atoms with Crippen molar-refractivity contribution >= 4 is 39.8 Å². The first-order chi connectivity index (χ1) is 11.3. The van der Waals surface area contributed by atoms with Crippen LogP contribution in [0, 0.1) is 0 Å². The summed E-state index contributed by atoms with van der Waals surface area (Å²) in [5.41, 5.74) is 4.15. The van der Waals surface area contributed by atoms with Crippen molar-refractivity contribution < 1.29 is 9.53 Å². The fourth-order valence-corrected chi connectivity index (χ4v) is 3.16. The molecule has 0 atom stereocenters. The Kier molecular flexibility index (Phi) is 4.80. The molecule has 0 aliphatic carbocycles. The number of nitrogens with zero attached hydrogens (tertiary/aromatic N) is 2. The van der Waals surface area contributed by atoms with Gasteiger partial charge in [-0.25, -0.2) is 9.97 Å². The van der Waals surface area contributed by atoms with Gasteiger partial charge in [0, 0.05) is 22.4 Å². The molecule has 0 saturated heterocycles. The molecule has 3 aromatic rings. The molecule has 0 bridgehead atoms. The van der Waals surface area contributed by atoms with Gasteiger partial charge in [-0.15, -0.1) is 22.7 Å². The minimum Gasteiger partial charge on any atom is -0.496 e. The van der Waals surface area contributed by atoms with Crippen LogP contribution in [0.15, 0.2) is 46.6 Å². The Morgan fingerprint density at radius 1 is 1.30 bits per heavy atom. The maximum Gasteiger partial charge on any atom is 0.250 e. The first-order valence-corrected chi connectivity index (χ1v) is 8.54. The van der Waals surface area contributed by atoms with Crippen LogP contribution in [0.5, 0.6) is 5.75 Å². The summed E-state index contributed by atoms with van der Waals surface area (Å²) < 4.78 is 5.33. The summed E-state index contributed by atoms with van der Waals surface area (Å²) in [6.45, 7) is 0. The third-order valence-corrected chi connectivity index (χ3v) is 4.34. The monoisotopic (exact) mass is 343 g/mol. The Balaban J connectivity index is 1.71. The Morgan fingerprint density at radius 2 is 2.17 bits per heavy atom. The largest absolute Gasteiger partial charge is 0.496 e. The summed E-state index contributed by atoms with van der Waals surface area (Å²) in [5, 5.41) is 7.04. The van der Waals surface area contributed by atoms with Crippen molar-refractivity contribution in [3.63, 3.8) is 0 Å². The van der Waals surface area contributed by atoms with Crippen molar-refractivity contribution in [3.8, 4) is 17.0 Å². The molecule has 0 radical (unpaired) electrons. The van der Waals surface area contributed by atoms with Gasteiger partial charge in [0.15, 0.2) is 5.13 Å². The van der Waals surface area contributed by atoms with E-state index in [1.165, 1.54) is 28.7 Å². The number of hydrogen-bond donors (Lipinski definition) is 1. The van der Waals surface area contributed by atoms with Crippen LogP contribution in [-0.2, 0) is 4.79 Å². The van der Waals surface area contributed by atoms with Crippen LogP contribution in [0.1, 0.15) is 5.69 Å². The highest BCUT2D eigenvalue weighted by Gasteiger charge is 2.10. The molecule has 116 valence electrons. The molecule has 0 fully saturated rings. The number of carbonyl (C=O) groups excluding carboxylic acids is 1. The zero-order valence-electron chi connectivity index (χ0n) is 12.2. The van der Waals surface area contributed by atoms with Gasteiger partial charge in [-0.2, -0.15) is 0 Å². The molecule has 2 aromatic heterocycles. The summed E-state index contributed by atoms with van der Waals surface area (Å²) >= 11 is 2.85. The summed E-state index contributed by atoms with van der Waals surface area (Å²) in [6, 6.07) is 7.64. The van der Waals surface area contributed by atoms with Crippen LogP contribution in [0.4, 0.5) is 5.13 Å². The number of amides is 1. The molecule has 5 nitrogen and oxygen atoms in total. The van der Waals surface area contributed by atoms with E-state index in [2.05, 4.69) is 15.3 Å². The smallest absolute Gasteiger partial charge is 0.250 e. The van der Waals surface area contributed by atoms with Crippen LogP contribution in [0.3, 0.4) is 0 Å². The van der Waals surface area contributed by atoms with Crippen molar-refractivity contribution in [1.82, 2.24) is 9.97 Å². The van der Waals surface area contributed by atoms with Gasteiger partial charge in [-0.05, 0) is 18.2 Å². The Morgan fingerprint density at radius 3 is 2.96 bits per heavy atom. The molecule has 0 aliphatic rings. The molecule has 0 aliphatic heterocycles. The van der Waals surface area contributed by atoms with E-state index in [4.69, 9.17) is 4.74 Å². The maximum atomic E-state index is 11.9. The van der Waals surface area contributed by atoms with Crippen LogP contribution in [0.2, 0.25) is 0 Å². The number of hydrogen-bond acceptors (Lipinski definition) is 6. The van der Waals surface area contributed by atoms with Gasteiger partial charge >= 0.3 is 0 Å². The summed E-state index contributed by atoms with van der Waals surface area (Å²) in [5.74, 6) is 0.512. The number of rotatable bonds is 5. The second-order valence-electron chi connectivity index (χ2n) is 4.47. The van der Waals surface area contributed by atoms with Gasteiger partial charge in [-0.3, -0.25) is 10.1 Å². The highest BCUT2D eigenvalue weighted by Crippen LogP contribution is 2.31. The Hall–Kier alpha value is -2.51. The topological polar surface area (TPSA) is 64.1 Å². The molecule has 23 heavy (non-hydrogen) atoms. The highest BCUT2D eigenvalue weighted by molar-refractivity contribution is 7.14. The molecule has 1 aromatic carbocycles. The van der Waals surface area contributed by atoms with Crippen molar-refractivity contribution in [2.75, 3.05) is 12.4 Å². The van der Waals surface area contributed by atoms with Gasteiger partial charge in [-0.1, -0.05) is 12.1 Å². The summed E-state index contributed by atoms with van der Waals surface area (Å²) in [6.07, 6.45) is 3.11. The number of carbonyl (C=O) groups is 1. The van der Waals surface area contributed by atoms with Crippen LogP contribution >= 0.6 is 22.7 Å². The minimum atomic E-state index is -0.237. The third-order valence-electron chi connectivity index (χ3n) is 2.97. The highest BCUT2D eigenvalue weighted by atomic mass is 32.1. The second kappa shape index (κ2) is 7.17. The molecule has 1 N–H and O–H groups in total. The fourth-order valence-electron chi connectivity index (χ4n) is 1.92. The minimum absolute atomic E-state index is 0.237. The molecule has 0 unspecified atom stereocenters. The first-order valence-electron chi connectivity index (χ1n) is 6.72. The lowest BCUT2D eigenvalue weighted by molar-refractivity contribution is -0.111. The van der Waals surface area contributed by atoms with E-state index in [1.54, 1.807) is 18.7 Å². The van der Waals surface area contributed by atoms with E-state index in [1.807, 2.05) is 35.0 Å². The zero-order chi connectivity index (χ0) is 16.1. The van der Waals surface area contributed by atoms with Gasteiger partial charge < -0.3 is 4.74 Å². The Bertz CT molecular complexity index is 825. The normalized spacial score (nSPS) is 10.8. The zero-order valence-corrected chi connectivity index (χ0v) is 13.9. The van der Waals surface area contributed by atoms with E-state index in [0.29, 0.717) is 5.13 Å². The van der Waals surface area contributed by atoms with Gasteiger partial charge in [0.1, 0.15) is 5.75 Å². The van der Waals surface area contributed by atoms with E-state index >= 15 is 0 Å². The van der Waals surface area contributed by atoms with E-state index in [9.17, 15) is 4.79 Å². The lowest BCUT2D eigenvalue weighted by Gasteiger charge is -2.04. The van der Waals surface area contributed by atoms with Crippen molar-refractivity contribution in [3.05, 3.63) is 52.3 Å². The van der Waals surface area contributed by atoms with Crippen LogP contribution in [-0.4, -0.2) is 23.0 Å². The number of para-hydroxylation sites is 1. The van der Waals surface area contributed by atoms with E-state index < -0.39 is 0 Å². The molecule has 0 spiro atoms. The summed E-state index contributed by atoms with van der Waals surface area (Å²) in [4.78, 5) is 20.4. The van der Waals surface area contributed by atoms with Crippen LogP contribution in [0.25, 0.3) is 17.3 Å². The molecule has 0 saturated carbocycles. The van der Waals surface area contributed by atoms with E-state index in [0.717, 1.165) is 22.7 Å². The lowest BCUT2D eigenvalue weighted by atomic mass is 10.1. The average molecular weight is 343 g/mol. The standard InChI is InChI=1S/C16H13N3O2S2/c1-21-14-5-3-2-4-12(14)13-9-23-16(18-13)19-15(20)7-6-11-8-22-10-17-11/h2-10H,1H3,(H,18,19,20)/b7-6-. The number of methoxy groups -OCH3 is 1. The maximum absolute atomic E-state index is 11.9. The molecule has 3 rings (SSSR count). The lowest BCUT2D eigenvalue weighted by Crippen LogP contribution is -2.07. The third kappa shape index (κ3) is 3.82. The number of aromatic nitrogens is 2. The number of nitrogens with one attached hydrogen (secondary N) is 1. The van der Waals surface area contributed by atoms with Crippen LogP contribution < -0.4 is 10.1 Å². The SMILES string of the molecule is COc1ccccc1-c1csc(NC(=O)/C=C\c2cscn2)n1. The molecular weight excluding hydrogens is 330 g/mol. The molecule has 2 heterocycles. The first kappa shape index (κ1) is 15.4. The average Bonchev–Trinajstić information content (AvgIpc) is 3.24. The number of ether oxygens (including phenoxy) is 1. The van der Waals surface area contributed by atoms with Gasteiger partial charge in [0.05, 0.1) is 24.0 Å². The van der Waals surface area contributed by atoms with Crippen molar-refractivity contribution in [2.24, 2.45) is 0 Å². The Labute approximate surface area is 141 Å². The predicted octanol–water partition coefficient (Wildman–Crippen LogP) is 3.93. The number of thiazole rings is 2. The number of benzene rings is 1. The van der Waals surface area contributed by atoms with Gasteiger partial charge in [0.2, 0.25) is 5.91 Å².